The maximum Gasteiger partial charge on any atom is 0.360 e. The highest BCUT2D eigenvalue weighted by Gasteiger charge is 2.13. The highest BCUT2D eigenvalue weighted by molar-refractivity contribution is 6.43. The lowest BCUT2D eigenvalue weighted by Crippen LogP contribution is -2.20. The third kappa shape index (κ3) is 2.73. The van der Waals surface area contributed by atoms with Gasteiger partial charge in [-0.05, 0) is 12.1 Å². The number of aromatic carboxylic acids is 1. The van der Waals surface area contributed by atoms with Crippen molar-refractivity contribution >= 4 is 40.8 Å². The van der Waals surface area contributed by atoms with Gasteiger partial charge in [-0.25, -0.2) is 9.48 Å². The summed E-state index contributed by atoms with van der Waals surface area (Å²) in [6, 6.07) is 3.91. The molecule has 1 N–H and O–H groups in total. The van der Waals surface area contributed by atoms with Crippen molar-refractivity contribution in [3.8, 4) is 5.69 Å². The number of carboxylic acid groups (broad SMARTS) is 1. The first-order valence-electron chi connectivity index (χ1n) is 4.88. The SMILES string of the molecule is O=C(O)c1nn(-c2cc(Cl)c(Cl)cc2Cl)ccc1=O. The molecule has 1 heterocycles. The van der Waals surface area contributed by atoms with Crippen LogP contribution in [0, 0.1) is 0 Å². The van der Waals surface area contributed by atoms with Crippen LogP contribution in [0.2, 0.25) is 15.1 Å². The molecule has 0 aliphatic carbocycles. The van der Waals surface area contributed by atoms with Gasteiger partial charge in [-0.1, -0.05) is 34.8 Å². The average molecular weight is 320 g/mol. The van der Waals surface area contributed by atoms with Gasteiger partial charge in [-0.2, -0.15) is 5.10 Å². The molecular formula is C11H5Cl3N2O3. The van der Waals surface area contributed by atoms with Crippen molar-refractivity contribution in [2.75, 3.05) is 0 Å². The van der Waals surface area contributed by atoms with Crippen molar-refractivity contribution in [2.45, 2.75) is 0 Å². The van der Waals surface area contributed by atoms with E-state index in [9.17, 15) is 9.59 Å². The molecule has 2 rings (SSSR count). The second kappa shape index (κ2) is 5.21. The van der Waals surface area contributed by atoms with Gasteiger partial charge in [-0.3, -0.25) is 4.79 Å². The molecule has 0 spiro atoms. The van der Waals surface area contributed by atoms with Gasteiger partial charge >= 0.3 is 5.97 Å². The number of rotatable bonds is 2. The molecule has 5 nitrogen and oxygen atoms in total. The summed E-state index contributed by atoms with van der Waals surface area (Å²) in [6.07, 6.45) is 1.29. The first-order chi connectivity index (χ1) is 8.90. The van der Waals surface area contributed by atoms with E-state index in [4.69, 9.17) is 39.9 Å². The molecule has 0 saturated heterocycles. The summed E-state index contributed by atoms with van der Waals surface area (Å²) < 4.78 is 1.15. The van der Waals surface area contributed by atoms with E-state index in [-0.39, 0.29) is 15.1 Å². The molecule has 2 aromatic rings. The lowest BCUT2D eigenvalue weighted by Gasteiger charge is -2.09. The fourth-order valence-corrected chi connectivity index (χ4v) is 2.01. The molecule has 0 bridgehead atoms. The van der Waals surface area contributed by atoms with Crippen LogP contribution in [0.25, 0.3) is 5.69 Å². The normalized spacial score (nSPS) is 10.5. The second-order valence-corrected chi connectivity index (χ2v) is 4.72. The first-order valence-corrected chi connectivity index (χ1v) is 6.01. The van der Waals surface area contributed by atoms with E-state index in [1.165, 1.54) is 18.3 Å². The molecule has 98 valence electrons. The average Bonchev–Trinajstić information content (AvgIpc) is 2.34. The minimum Gasteiger partial charge on any atom is -0.476 e. The number of nitrogens with zero attached hydrogens (tertiary/aromatic N) is 2. The molecule has 19 heavy (non-hydrogen) atoms. The Kier molecular flexibility index (Phi) is 3.80. The Morgan fingerprint density at radius 2 is 1.79 bits per heavy atom. The van der Waals surface area contributed by atoms with Gasteiger partial charge in [0.15, 0.2) is 0 Å². The van der Waals surface area contributed by atoms with E-state index in [1.807, 2.05) is 0 Å². The van der Waals surface area contributed by atoms with E-state index in [1.54, 1.807) is 0 Å². The van der Waals surface area contributed by atoms with Gasteiger partial charge in [0.1, 0.15) is 0 Å². The van der Waals surface area contributed by atoms with Gasteiger partial charge in [0.05, 0.1) is 20.8 Å². The molecule has 0 fully saturated rings. The predicted molar refractivity (Wildman–Crippen MR) is 71.8 cm³/mol. The van der Waals surface area contributed by atoms with Crippen molar-refractivity contribution in [3.05, 3.63) is 55.4 Å². The number of hydrogen-bond acceptors (Lipinski definition) is 3. The molecule has 1 aromatic heterocycles. The monoisotopic (exact) mass is 318 g/mol. The number of carbonyl (C=O) groups is 1. The summed E-state index contributed by atoms with van der Waals surface area (Å²) in [7, 11) is 0. The lowest BCUT2D eigenvalue weighted by molar-refractivity contribution is 0.0687. The van der Waals surface area contributed by atoms with Crippen LogP contribution < -0.4 is 5.43 Å². The van der Waals surface area contributed by atoms with Crippen molar-refractivity contribution < 1.29 is 9.90 Å². The van der Waals surface area contributed by atoms with Gasteiger partial charge in [0, 0.05) is 12.3 Å². The number of hydrogen-bond donors (Lipinski definition) is 1. The summed E-state index contributed by atoms with van der Waals surface area (Å²) in [5.74, 6) is -1.42. The molecule has 0 radical (unpaired) electrons. The number of aromatic nitrogens is 2. The fraction of sp³-hybridized carbons (Fsp3) is 0. The van der Waals surface area contributed by atoms with Gasteiger partial charge in [0.25, 0.3) is 0 Å². The summed E-state index contributed by atoms with van der Waals surface area (Å²) in [4.78, 5) is 22.2. The van der Waals surface area contributed by atoms with Crippen molar-refractivity contribution in [3.63, 3.8) is 0 Å². The zero-order valence-electron chi connectivity index (χ0n) is 9.10. The molecular weight excluding hydrogens is 314 g/mol. The lowest BCUT2D eigenvalue weighted by atomic mass is 10.3. The van der Waals surface area contributed by atoms with E-state index in [2.05, 4.69) is 5.10 Å². The molecule has 1 aromatic carbocycles. The van der Waals surface area contributed by atoms with Crippen LogP contribution in [-0.4, -0.2) is 20.9 Å². The van der Waals surface area contributed by atoms with E-state index in [0.29, 0.717) is 5.69 Å². The van der Waals surface area contributed by atoms with Crippen molar-refractivity contribution in [2.24, 2.45) is 0 Å². The van der Waals surface area contributed by atoms with Crippen LogP contribution in [0.1, 0.15) is 10.5 Å². The van der Waals surface area contributed by atoms with E-state index >= 15 is 0 Å². The van der Waals surface area contributed by atoms with Gasteiger partial charge < -0.3 is 5.11 Å². The predicted octanol–water partition coefficient (Wildman–Crippen LogP) is 2.89. The Hall–Kier alpha value is -1.56. The summed E-state index contributed by atoms with van der Waals surface area (Å²) in [6.45, 7) is 0. The maximum absolute atomic E-state index is 11.3. The van der Waals surface area contributed by atoms with Crippen LogP contribution in [0.15, 0.2) is 29.2 Å². The Labute approximate surface area is 121 Å². The highest BCUT2D eigenvalue weighted by atomic mass is 35.5. The third-order valence-corrected chi connectivity index (χ3v) is 3.27. The van der Waals surface area contributed by atoms with Crippen molar-refractivity contribution in [1.29, 1.82) is 0 Å². The topological polar surface area (TPSA) is 72.2 Å². The van der Waals surface area contributed by atoms with Crippen LogP contribution in [0.5, 0.6) is 0 Å². The quantitative estimate of drug-likeness (QED) is 0.864. The third-order valence-electron chi connectivity index (χ3n) is 2.25. The summed E-state index contributed by atoms with van der Waals surface area (Å²) >= 11 is 17.6. The molecule has 0 unspecified atom stereocenters. The molecule has 0 saturated carbocycles. The number of carboxylic acids is 1. The van der Waals surface area contributed by atoms with Crippen LogP contribution in [0.4, 0.5) is 0 Å². The van der Waals surface area contributed by atoms with Crippen LogP contribution >= 0.6 is 34.8 Å². The number of benzene rings is 1. The van der Waals surface area contributed by atoms with Gasteiger partial charge in [0.2, 0.25) is 11.1 Å². The highest BCUT2D eigenvalue weighted by Crippen LogP contribution is 2.30. The minimum atomic E-state index is -1.42. The summed E-state index contributed by atoms with van der Waals surface area (Å²) in [5.41, 5.74) is -0.983. The Balaban J connectivity index is 2.66. The maximum atomic E-state index is 11.3. The largest absolute Gasteiger partial charge is 0.476 e. The standard InChI is InChI=1S/C11H5Cl3N2O3/c12-5-3-7(14)8(4-6(5)13)16-2-1-9(17)10(15-16)11(18)19/h1-4H,(H,18,19). The van der Waals surface area contributed by atoms with E-state index < -0.39 is 17.1 Å². The zero-order valence-corrected chi connectivity index (χ0v) is 11.4. The molecule has 0 aliphatic heterocycles. The zero-order chi connectivity index (χ0) is 14.2. The Morgan fingerprint density at radius 1 is 1.16 bits per heavy atom. The first kappa shape index (κ1) is 13.9. The van der Waals surface area contributed by atoms with Crippen molar-refractivity contribution in [1.82, 2.24) is 9.78 Å². The minimum absolute atomic E-state index is 0.224. The molecule has 0 amide bonds. The molecule has 0 atom stereocenters. The molecule has 8 heteroatoms. The molecule has 0 aliphatic rings. The van der Waals surface area contributed by atoms with Gasteiger partial charge in [-0.15, -0.1) is 0 Å². The van der Waals surface area contributed by atoms with Crippen LogP contribution in [-0.2, 0) is 0 Å². The summed E-state index contributed by atoms with van der Waals surface area (Å²) in [5, 5.41) is 13.3. The fourth-order valence-electron chi connectivity index (χ4n) is 1.38. The van der Waals surface area contributed by atoms with Crippen LogP contribution in [0.3, 0.4) is 0 Å². The number of halogens is 3. The smallest absolute Gasteiger partial charge is 0.360 e. The van der Waals surface area contributed by atoms with E-state index in [0.717, 1.165) is 10.7 Å². The Bertz CT molecular complexity index is 728. The Morgan fingerprint density at radius 3 is 2.42 bits per heavy atom. The second-order valence-electron chi connectivity index (χ2n) is 3.50.